The van der Waals surface area contributed by atoms with Gasteiger partial charge in [-0.15, -0.1) is 5.10 Å². The highest BCUT2D eigenvalue weighted by atomic mass is 32.2. The highest BCUT2D eigenvalue weighted by molar-refractivity contribution is 7.91. The number of aryl methyl sites for hydroxylation is 1. The molecule has 0 saturated heterocycles. The molecular weight excluding hydrogens is 260 g/mol. The molecule has 2 rings (SSSR count). The van der Waals surface area contributed by atoms with Gasteiger partial charge in [0.05, 0.1) is 10.6 Å². The molecule has 1 N–H and O–H groups in total. The van der Waals surface area contributed by atoms with Crippen molar-refractivity contribution < 1.29 is 12.8 Å². The molecule has 2 aromatic rings. The molecule has 0 unspecified atom stereocenters. The zero-order valence-corrected chi connectivity index (χ0v) is 10.4. The molecule has 7 heteroatoms. The first-order valence-electron chi connectivity index (χ1n) is 4.90. The van der Waals surface area contributed by atoms with Gasteiger partial charge in [-0.2, -0.15) is 0 Å². The van der Waals surface area contributed by atoms with Crippen molar-refractivity contribution in [2.45, 2.75) is 11.3 Å². The van der Waals surface area contributed by atoms with Crippen molar-refractivity contribution >= 4 is 22.1 Å². The maximum absolute atomic E-state index is 11.9. The fraction of sp³-hybridized carbons (Fsp3) is 0.200. The number of rotatable bonds is 4. The second-order valence-electron chi connectivity index (χ2n) is 3.39. The molecule has 0 spiro atoms. The molecule has 0 aliphatic heterocycles. The quantitative estimate of drug-likeness (QED) is 0.856. The van der Waals surface area contributed by atoms with Crippen LogP contribution in [0, 0.1) is 4.84 Å². The largest absolute Gasteiger partial charge is 0.414 e. The van der Waals surface area contributed by atoms with Gasteiger partial charge in [0.1, 0.15) is 0 Å². The minimum atomic E-state index is -3.30. The Morgan fingerprint density at radius 2 is 2.00 bits per heavy atom. The van der Waals surface area contributed by atoms with E-state index in [-0.39, 0.29) is 17.0 Å². The van der Waals surface area contributed by atoms with Gasteiger partial charge in [0, 0.05) is 6.42 Å². The van der Waals surface area contributed by atoms with Crippen molar-refractivity contribution in [1.82, 2.24) is 10.2 Å². The van der Waals surface area contributed by atoms with Crippen LogP contribution >= 0.6 is 12.2 Å². The fourth-order valence-electron chi connectivity index (χ4n) is 1.33. The predicted octanol–water partition coefficient (Wildman–Crippen LogP) is 1.75. The van der Waals surface area contributed by atoms with E-state index in [9.17, 15) is 8.42 Å². The Hall–Kier alpha value is -1.47. The van der Waals surface area contributed by atoms with E-state index in [1.165, 1.54) is 0 Å². The van der Waals surface area contributed by atoms with Crippen LogP contribution in [0.1, 0.15) is 5.89 Å². The maximum Gasteiger partial charge on any atom is 0.284 e. The lowest BCUT2D eigenvalue weighted by Gasteiger charge is -2.01. The van der Waals surface area contributed by atoms with Gasteiger partial charge >= 0.3 is 0 Å². The monoisotopic (exact) mass is 270 g/mol. The number of benzene rings is 1. The van der Waals surface area contributed by atoms with E-state index in [0.29, 0.717) is 10.8 Å². The van der Waals surface area contributed by atoms with Crippen molar-refractivity contribution in [3.05, 3.63) is 41.1 Å². The van der Waals surface area contributed by atoms with E-state index in [0.717, 1.165) is 0 Å². The smallest absolute Gasteiger partial charge is 0.284 e. The highest BCUT2D eigenvalue weighted by Crippen LogP contribution is 2.11. The predicted molar refractivity (Wildman–Crippen MR) is 63.9 cm³/mol. The van der Waals surface area contributed by atoms with Crippen LogP contribution in [-0.4, -0.2) is 24.4 Å². The summed E-state index contributed by atoms with van der Waals surface area (Å²) in [6.45, 7) is 0. The molecule has 1 aromatic heterocycles. The lowest BCUT2D eigenvalue weighted by Crippen LogP contribution is -2.09. The summed E-state index contributed by atoms with van der Waals surface area (Å²) >= 11 is 4.70. The van der Waals surface area contributed by atoms with Crippen LogP contribution in [0.5, 0.6) is 0 Å². The summed E-state index contributed by atoms with van der Waals surface area (Å²) in [4.78, 5) is 0.450. The summed E-state index contributed by atoms with van der Waals surface area (Å²) in [6, 6.07) is 8.27. The molecule has 0 fully saturated rings. The van der Waals surface area contributed by atoms with Crippen LogP contribution in [-0.2, 0) is 16.3 Å². The van der Waals surface area contributed by atoms with Crippen molar-refractivity contribution in [2.75, 3.05) is 5.75 Å². The Morgan fingerprint density at radius 3 is 2.59 bits per heavy atom. The van der Waals surface area contributed by atoms with Gasteiger partial charge in [0.2, 0.25) is 5.89 Å². The Labute approximate surface area is 103 Å². The Kier molecular flexibility index (Phi) is 3.39. The van der Waals surface area contributed by atoms with Gasteiger partial charge in [-0.05, 0) is 24.4 Å². The van der Waals surface area contributed by atoms with E-state index < -0.39 is 9.84 Å². The Morgan fingerprint density at radius 1 is 1.29 bits per heavy atom. The molecule has 1 heterocycles. The number of hydrogen-bond acceptors (Lipinski definition) is 5. The SMILES string of the molecule is O=S(=O)(CCc1n[nH]c(=S)o1)c1ccccc1. The average Bonchev–Trinajstić information content (AvgIpc) is 2.74. The van der Waals surface area contributed by atoms with Crippen LogP contribution in [0.4, 0.5) is 0 Å². The van der Waals surface area contributed by atoms with Gasteiger partial charge < -0.3 is 4.42 Å². The van der Waals surface area contributed by atoms with Crippen molar-refractivity contribution in [2.24, 2.45) is 0 Å². The van der Waals surface area contributed by atoms with Gasteiger partial charge in [0.25, 0.3) is 4.84 Å². The zero-order chi connectivity index (χ0) is 12.3. The van der Waals surface area contributed by atoms with Crippen LogP contribution in [0.2, 0.25) is 0 Å². The standard InChI is InChI=1S/C10H10N2O3S2/c13-17(14,8-4-2-1-3-5-8)7-6-9-11-12-10(16)15-9/h1-5H,6-7H2,(H,12,16). The third-order valence-corrected chi connectivity index (χ3v) is 4.08. The number of aromatic amines is 1. The summed E-state index contributed by atoms with van der Waals surface area (Å²) in [5.74, 6) is 0.245. The van der Waals surface area contributed by atoms with E-state index in [1.54, 1.807) is 30.3 Å². The fourth-order valence-corrected chi connectivity index (χ4v) is 2.73. The number of sulfone groups is 1. The summed E-state index contributed by atoms with van der Waals surface area (Å²) in [5.41, 5.74) is 0. The minimum absolute atomic E-state index is 0.0554. The first-order chi connectivity index (χ1) is 8.08. The number of H-pyrrole nitrogens is 1. The van der Waals surface area contributed by atoms with Crippen LogP contribution < -0.4 is 0 Å². The first kappa shape index (κ1) is 12.0. The first-order valence-corrected chi connectivity index (χ1v) is 6.96. The van der Waals surface area contributed by atoms with Crippen molar-refractivity contribution in [1.29, 1.82) is 0 Å². The minimum Gasteiger partial charge on any atom is -0.414 e. The summed E-state index contributed by atoms with van der Waals surface area (Å²) in [5, 5.41) is 6.20. The molecule has 5 nitrogen and oxygen atoms in total. The second kappa shape index (κ2) is 4.80. The van der Waals surface area contributed by atoms with Crippen LogP contribution in [0.15, 0.2) is 39.6 Å². The summed E-state index contributed by atoms with van der Waals surface area (Å²) in [6.07, 6.45) is 0.199. The zero-order valence-electron chi connectivity index (χ0n) is 8.79. The molecule has 90 valence electrons. The van der Waals surface area contributed by atoms with Gasteiger partial charge in [-0.3, -0.25) is 0 Å². The van der Waals surface area contributed by atoms with Crippen molar-refractivity contribution in [3.63, 3.8) is 0 Å². The van der Waals surface area contributed by atoms with Gasteiger partial charge in [0.15, 0.2) is 9.84 Å². The summed E-state index contributed by atoms with van der Waals surface area (Å²) < 4.78 is 28.8. The molecule has 0 saturated carbocycles. The molecule has 0 atom stereocenters. The van der Waals surface area contributed by atoms with Crippen molar-refractivity contribution in [3.8, 4) is 0 Å². The molecule has 0 aliphatic carbocycles. The molecule has 17 heavy (non-hydrogen) atoms. The van der Waals surface area contributed by atoms with E-state index in [2.05, 4.69) is 10.2 Å². The lowest BCUT2D eigenvalue weighted by molar-refractivity contribution is 0.485. The average molecular weight is 270 g/mol. The Bertz CT molecular complexity index is 643. The van der Waals surface area contributed by atoms with E-state index in [4.69, 9.17) is 16.6 Å². The second-order valence-corrected chi connectivity index (χ2v) is 5.87. The molecule has 0 radical (unpaired) electrons. The number of aromatic nitrogens is 2. The normalized spacial score (nSPS) is 11.5. The molecule has 1 aromatic carbocycles. The van der Waals surface area contributed by atoms with Gasteiger partial charge in [-0.1, -0.05) is 18.2 Å². The molecule has 0 amide bonds. The molecular formula is C10H10N2O3S2. The summed E-state index contributed by atoms with van der Waals surface area (Å²) in [7, 11) is -3.30. The molecule has 0 aliphatic rings. The number of hydrogen-bond donors (Lipinski definition) is 1. The van der Waals surface area contributed by atoms with E-state index in [1.807, 2.05) is 0 Å². The lowest BCUT2D eigenvalue weighted by atomic mass is 10.4. The maximum atomic E-state index is 11.9. The third-order valence-electron chi connectivity index (χ3n) is 2.17. The van der Waals surface area contributed by atoms with E-state index >= 15 is 0 Å². The molecule has 0 bridgehead atoms. The topological polar surface area (TPSA) is 76.0 Å². The highest BCUT2D eigenvalue weighted by Gasteiger charge is 2.15. The van der Waals surface area contributed by atoms with Gasteiger partial charge in [-0.25, -0.2) is 13.5 Å². The van der Waals surface area contributed by atoms with Crippen LogP contribution in [0.25, 0.3) is 0 Å². The number of nitrogens with zero attached hydrogens (tertiary/aromatic N) is 1. The third kappa shape index (κ3) is 3.01. The van der Waals surface area contributed by atoms with Crippen LogP contribution in [0.3, 0.4) is 0 Å². The number of nitrogens with one attached hydrogen (secondary N) is 1. The Balaban J connectivity index is 2.11.